The molecule has 0 saturated carbocycles. The van der Waals surface area contributed by atoms with Gasteiger partial charge in [-0.3, -0.25) is 4.79 Å². The van der Waals surface area contributed by atoms with E-state index in [4.69, 9.17) is 0 Å². The van der Waals surface area contributed by atoms with Crippen molar-refractivity contribution in [2.24, 2.45) is 0 Å². The van der Waals surface area contributed by atoms with E-state index in [1.165, 1.54) is 24.3 Å². The predicted octanol–water partition coefficient (Wildman–Crippen LogP) is 1.26. The Labute approximate surface area is 147 Å². The highest BCUT2D eigenvalue weighted by Crippen LogP contribution is 2.12. The third kappa shape index (κ3) is 4.66. The van der Waals surface area contributed by atoms with Crippen molar-refractivity contribution in [1.82, 2.24) is 15.4 Å². The Bertz CT molecular complexity index is 814. The largest absolute Gasteiger partial charge is 0.348 e. The number of carbonyl (C=O) groups excluding carboxylic acids is 1. The maximum atomic E-state index is 12.3. The van der Waals surface area contributed by atoms with E-state index in [-0.39, 0.29) is 23.4 Å². The molecular formula is C18H21N3O3S. The van der Waals surface area contributed by atoms with Gasteiger partial charge >= 0.3 is 0 Å². The summed E-state index contributed by atoms with van der Waals surface area (Å²) >= 11 is 0. The summed E-state index contributed by atoms with van der Waals surface area (Å²) in [5.74, 6) is -0.185. The van der Waals surface area contributed by atoms with Crippen LogP contribution in [0.2, 0.25) is 0 Å². The molecule has 0 spiro atoms. The van der Waals surface area contributed by atoms with Crippen molar-refractivity contribution < 1.29 is 13.2 Å². The van der Waals surface area contributed by atoms with Crippen LogP contribution in [0.15, 0.2) is 59.5 Å². The molecule has 1 atom stereocenters. The van der Waals surface area contributed by atoms with Crippen molar-refractivity contribution in [2.45, 2.75) is 23.9 Å². The molecule has 2 aromatic rings. The molecule has 0 aliphatic carbocycles. The highest BCUT2D eigenvalue weighted by atomic mass is 32.2. The van der Waals surface area contributed by atoms with Crippen LogP contribution in [0.1, 0.15) is 22.3 Å². The number of sulfonamides is 1. The summed E-state index contributed by atoms with van der Waals surface area (Å²) in [5, 5.41) is 6.12. The quantitative estimate of drug-likeness (QED) is 0.725. The molecule has 1 heterocycles. The first-order chi connectivity index (χ1) is 12.0. The highest BCUT2D eigenvalue weighted by molar-refractivity contribution is 7.89. The first-order valence-corrected chi connectivity index (χ1v) is 9.68. The van der Waals surface area contributed by atoms with Crippen LogP contribution in [-0.4, -0.2) is 33.5 Å². The number of benzene rings is 2. The lowest BCUT2D eigenvalue weighted by Gasteiger charge is -2.12. The highest BCUT2D eigenvalue weighted by Gasteiger charge is 2.18. The summed E-state index contributed by atoms with van der Waals surface area (Å²) in [6.45, 7) is 1.89. The normalized spacial score (nSPS) is 17.4. The van der Waals surface area contributed by atoms with Gasteiger partial charge in [0.15, 0.2) is 0 Å². The van der Waals surface area contributed by atoms with Gasteiger partial charge in [0.1, 0.15) is 0 Å². The fourth-order valence-electron chi connectivity index (χ4n) is 2.69. The van der Waals surface area contributed by atoms with Gasteiger partial charge in [0.25, 0.3) is 5.91 Å². The zero-order valence-corrected chi connectivity index (χ0v) is 14.6. The number of hydrogen-bond donors (Lipinski definition) is 3. The van der Waals surface area contributed by atoms with Gasteiger partial charge in [-0.05, 0) is 42.8 Å². The Hall–Kier alpha value is -2.22. The van der Waals surface area contributed by atoms with Gasteiger partial charge in [0.05, 0.1) is 4.90 Å². The maximum Gasteiger partial charge on any atom is 0.251 e. The van der Waals surface area contributed by atoms with Crippen LogP contribution in [0.3, 0.4) is 0 Å². The molecule has 0 radical (unpaired) electrons. The minimum atomic E-state index is -3.62. The van der Waals surface area contributed by atoms with Gasteiger partial charge in [-0.25, -0.2) is 13.1 Å². The van der Waals surface area contributed by atoms with Gasteiger partial charge in [0, 0.05) is 24.7 Å². The van der Waals surface area contributed by atoms with Gasteiger partial charge in [-0.15, -0.1) is 0 Å². The minimum absolute atomic E-state index is 0.128. The average Bonchev–Trinajstić information content (AvgIpc) is 3.14. The molecule has 3 N–H and O–H groups in total. The predicted molar refractivity (Wildman–Crippen MR) is 95.7 cm³/mol. The molecule has 1 amide bonds. The molecule has 0 unspecified atom stereocenters. The average molecular weight is 359 g/mol. The Kier molecular flexibility index (Phi) is 5.47. The zero-order chi connectivity index (χ0) is 17.7. The standard InChI is InChI=1S/C18H21N3O3S/c22-18(21-16-10-11-19-13-16)15-6-8-17(9-7-15)25(23,24)20-12-14-4-2-1-3-5-14/h1-9,16,19-20H,10-13H2,(H,21,22)/t16-/m1/s1. The van der Waals surface area contributed by atoms with Crippen LogP contribution in [0, 0.1) is 0 Å². The lowest BCUT2D eigenvalue weighted by Crippen LogP contribution is -2.36. The van der Waals surface area contributed by atoms with E-state index in [1.807, 2.05) is 30.3 Å². The Morgan fingerprint density at radius 1 is 1.08 bits per heavy atom. The lowest BCUT2D eigenvalue weighted by molar-refractivity contribution is 0.0940. The van der Waals surface area contributed by atoms with Crippen molar-refractivity contribution in [2.75, 3.05) is 13.1 Å². The molecule has 1 saturated heterocycles. The Morgan fingerprint density at radius 3 is 2.44 bits per heavy atom. The summed E-state index contributed by atoms with van der Waals surface area (Å²) < 4.78 is 27.3. The fraction of sp³-hybridized carbons (Fsp3) is 0.278. The van der Waals surface area contributed by atoms with E-state index >= 15 is 0 Å². The van der Waals surface area contributed by atoms with Crippen LogP contribution in [0.4, 0.5) is 0 Å². The van der Waals surface area contributed by atoms with Gasteiger partial charge < -0.3 is 10.6 Å². The van der Waals surface area contributed by atoms with E-state index in [0.717, 1.165) is 25.1 Å². The number of amides is 1. The smallest absolute Gasteiger partial charge is 0.251 e. The molecule has 25 heavy (non-hydrogen) atoms. The van der Waals surface area contributed by atoms with Crippen molar-refractivity contribution >= 4 is 15.9 Å². The van der Waals surface area contributed by atoms with E-state index in [9.17, 15) is 13.2 Å². The van der Waals surface area contributed by atoms with Crippen LogP contribution >= 0.6 is 0 Å². The molecule has 1 fully saturated rings. The van der Waals surface area contributed by atoms with Crippen molar-refractivity contribution in [3.63, 3.8) is 0 Å². The number of nitrogens with one attached hydrogen (secondary N) is 3. The molecule has 7 heteroatoms. The van der Waals surface area contributed by atoms with Gasteiger partial charge in [-0.2, -0.15) is 0 Å². The third-order valence-electron chi connectivity index (χ3n) is 4.13. The molecule has 1 aliphatic heterocycles. The molecule has 3 rings (SSSR count). The van der Waals surface area contributed by atoms with Crippen molar-refractivity contribution in [3.8, 4) is 0 Å². The zero-order valence-electron chi connectivity index (χ0n) is 13.7. The molecule has 2 aromatic carbocycles. The first-order valence-electron chi connectivity index (χ1n) is 8.20. The van der Waals surface area contributed by atoms with Crippen LogP contribution in [0.25, 0.3) is 0 Å². The summed E-state index contributed by atoms with van der Waals surface area (Å²) in [6.07, 6.45) is 0.904. The molecule has 1 aliphatic rings. The maximum absolute atomic E-state index is 12.3. The molecule has 6 nitrogen and oxygen atoms in total. The summed E-state index contributed by atoms with van der Waals surface area (Å²) in [4.78, 5) is 12.3. The monoisotopic (exact) mass is 359 g/mol. The summed E-state index contributed by atoms with van der Waals surface area (Å²) in [5.41, 5.74) is 1.33. The lowest BCUT2D eigenvalue weighted by atomic mass is 10.2. The summed E-state index contributed by atoms with van der Waals surface area (Å²) in [6, 6.07) is 15.4. The number of rotatable bonds is 6. The van der Waals surface area contributed by atoms with E-state index in [0.29, 0.717) is 5.56 Å². The van der Waals surface area contributed by atoms with E-state index in [2.05, 4.69) is 15.4 Å². The van der Waals surface area contributed by atoms with Gasteiger partial charge in [0.2, 0.25) is 10.0 Å². The van der Waals surface area contributed by atoms with Crippen LogP contribution in [0.5, 0.6) is 0 Å². The SMILES string of the molecule is O=C(N[C@@H]1CCNC1)c1ccc(S(=O)(=O)NCc2ccccc2)cc1. The minimum Gasteiger partial charge on any atom is -0.348 e. The molecule has 0 bridgehead atoms. The third-order valence-corrected chi connectivity index (χ3v) is 5.55. The first kappa shape index (κ1) is 17.6. The summed E-state index contributed by atoms with van der Waals surface area (Å²) in [7, 11) is -3.62. The number of carbonyl (C=O) groups is 1. The molecule has 132 valence electrons. The second kappa shape index (κ2) is 7.77. The van der Waals surface area contributed by atoms with Crippen molar-refractivity contribution in [1.29, 1.82) is 0 Å². The fourth-order valence-corrected chi connectivity index (χ4v) is 3.71. The van der Waals surface area contributed by atoms with Gasteiger partial charge in [-0.1, -0.05) is 30.3 Å². The van der Waals surface area contributed by atoms with Crippen LogP contribution in [-0.2, 0) is 16.6 Å². The van der Waals surface area contributed by atoms with Crippen molar-refractivity contribution in [3.05, 3.63) is 65.7 Å². The van der Waals surface area contributed by atoms with Crippen LogP contribution < -0.4 is 15.4 Å². The second-order valence-electron chi connectivity index (χ2n) is 6.00. The van der Waals surface area contributed by atoms with E-state index in [1.54, 1.807) is 0 Å². The Morgan fingerprint density at radius 2 is 1.80 bits per heavy atom. The molecular weight excluding hydrogens is 338 g/mol. The van der Waals surface area contributed by atoms with E-state index < -0.39 is 10.0 Å². The number of hydrogen-bond acceptors (Lipinski definition) is 4. The molecule has 0 aromatic heterocycles. The topological polar surface area (TPSA) is 87.3 Å². The second-order valence-corrected chi connectivity index (χ2v) is 7.76. The Balaban J connectivity index is 1.63.